The molecule has 5 aromatic rings. The van der Waals surface area contributed by atoms with Crippen molar-refractivity contribution < 1.29 is 9.53 Å². The zero-order valence-electron chi connectivity index (χ0n) is 21.9. The SMILES string of the molecule is CC(OC(=O)CC1CC2CC1C(C)C2C)c1ccc2cc3cc4cc5ccccc5cc4cc3cc2c1. The molecule has 2 heteroatoms. The van der Waals surface area contributed by atoms with E-state index in [1.165, 1.54) is 55.9 Å². The van der Waals surface area contributed by atoms with E-state index < -0.39 is 0 Å². The summed E-state index contributed by atoms with van der Waals surface area (Å²) in [5.74, 6) is 3.52. The van der Waals surface area contributed by atoms with Gasteiger partial charge in [-0.1, -0.05) is 50.2 Å². The van der Waals surface area contributed by atoms with Crippen molar-refractivity contribution in [2.75, 3.05) is 0 Å². The Morgan fingerprint density at radius 2 is 1.27 bits per heavy atom. The quantitative estimate of drug-likeness (QED) is 0.187. The van der Waals surface area contributed by atoms with Crippen molar-refractivity contribution >= 4 is 49.1 Å². The van der Waals surface area contributed by atoms with Gasteiger partial charge < -0.3 is 4.74 Å². The molecule has 7 rings (SSSR count). The lowest BCUT2D eigenvalue weighted by Crippen LogP contribution is -2.26. The Kier molecular flexibility index (Phi) is 5.29. The molecule has 0 heterocycles. The van der Waals surface area contributed by atoms with Crippen molar-refractivity contribution in [3.8, 4) is 0 Å². The molecule has 186 valence electrons. The molecule has 37 heavy (non-hydrogen) atoms. The molecular formula is C35H34O2. The summed E-state index contributed by atoms with van der Waals surface area (Å²) in [6.45, 7) is 6.77. The van der Waals surface area contributed by atoms with E-state index in [1.54, 1.807) is 0 Å². The molecule has 0 aliphatic heterocycles. The number of fused-ring (bicyclic) bond motifs is 6. The minimum atomic E-state index is -0.245. The average Bonchev–Trinajstić information content (AvgIpc) is 3.42. The van der Waals surface area contributed by atoms with Gasteiger partial charge in [-0.05, 0) is 140 Å². The Labute approximate surface area is 218 Å². The molecule has 6 unspecified atom stereocenters. The number of hydrogen-bond acceptors (Lipinski definition) is 2. The number of esters is 1. The van der Waals surface area contributed by atoms with Gasteiger partial charge in [-0.25, -0.2) is 0 Å². The summed E-state index contributed by atoms with van der Waals surface area (Å²) in [5, 5.41) is 9.93. The predicted octanol–water partition coefficient (Wildman–Crippen LogP) is 9.22. The fourth-order valence-corrected chi connectivity index (χ4v) is 7.57. The van der Waals surface area contributed by atoms with E-state index in [0.29, 0.717) is 18.3 Å². The number of hydrogen-bond donors (Lipinski definition) is 0. The Bertz CT molecular complexity index is 1680. The van der Waals surface area contributed by atoms with Crippen molar-refractivity contribution in [3.05, 3.63) is 84.4 Å². The van der Waals surface area contributed by atoms with Gasteiger partial charge in [-0.3, -0.25) is 4.79 Å². The first-order valence-electron chi connectivity index (χ1n) is 13.9. The molecule has 0 saturated heterocycles. The van der Waals surface area contributed by atoms with Crippen molar-refractivity contribution in [2.45, 2.75) is 46.1 Å². The van der Waals surface area contributed by atoms with Crippen LogP contribution in [0.1, 0.15) is 51.7 Å². The second-order valence-corrected chi connectivity index (χ2v) is 11.9. The molecule has 2 saturated carbocycles. The molecule has 2 bridgehead atoms. The Hall–Kier alpha value is -3.39. The largest absolute Gasteiger partial charge is 0.458 e. The van der Waals surface area contributed by atoms with Gasteiger partial charge in [-0.2, -0.15) is 0 Å². The molecule has 2 aliphatic carbocycles. The maximum atomic E-state index is 12.9. The average molecular weight is 487 g/mol. The molecule has 0 amide bonds. The first-order chi connectivity index (χ1) is 17.9. The minimum Gasteiger partial charge on any atom is -0.458 e. The van der Waals surface area contributed by atoms with Crippen molar-refractivity contribution in [1.29, 1.82) is 0 Å². The van der Waals surface area contributed by atoms with Crippen molar-refractivity contribution in [3.63, 3.8) is 0 Å². The maximum absolute atomic E-state index is 12.9. The summed E-state index contributed by atoms with van der Waals surface area (Å²) < 4.78 is 5.96. The topological polar surface area (TPSA) is 26.3 Å². The highest BCUT2D eigenvalue weighted by atomic mass is 16.5. The van der Waals surface area contributed by atoms with Crippen LogP contribution in [0.4, 0.5) is 0 Å². The Morgan fingerprint density at radius 3 is 1.84 bits per heavy atom. The van der Waals surface area contributed by atoms with E-state index in [9.17, 15) is 4.79 Å². The molecular weight excluding hydrogens is 452 g/mol. The highest BCUT2D eigenvalue weighted by molar-refractivity contribution is 6.08. The third-order valence-corrected chi connectivity index (χ3v) is 9.88. The van der Waals surface area contributed by atoms with Crippen LogP contribution in [0.2, 0.25) is 0 Å². The van der Waals surface area contributed by atoms with Crippen LogP contribution >= 0.6 is 0 Å². The fourth-order valence-electron chi connectivity index (χ4n) is 7.57. The van der Waals surface area contributed by atoms with Crippen molar-refractivity contribution in [2.24, 2.45) is 29.6 Å². The lowest BCUT2D eigenvalue weighted by atomic mass is 9.74. The summed E-state index contributed by atoms with van der Waals surface area (Å²) in [6, 6.07) is 28.7. The molecule has 0 spiro atoms. The number of benzene rings is 5. The minimum absolute atomic E-state index is 0.0396. The van der Waals surface area contributed by atoms with Crippen LogP contribution in [0.3, 0.4) is 0 Å². The molecule has 0 aromatic heterocycles. The van der Waals surface area contributed by atoms with E-state index in [1.807, 2.05) is 6.92 Å². The van der Waals surface area contributed by atoms with Gasteiger partial charge in [0.15, 0.2) is 0 Å². The summed E-state index contributed by atoms with van der Waals surface area (Å²) >= 11 is 0. The molecule has 0 N–H and O–H groups in total. The third-order valence-electron chi connectivity index (χ3n) is 9.88. The van der Waals surface area contributed by atoms with Crippen LogP contribution in [0, 0.1) is 29.6 Å². The third kappa shape index (κ3) is 3.89. The molecule has 2 aliphatic rings. The van der Waals surface area contributed by atoms with Crippen LogP contribution in [0.15, 0.2) is 78.9 Å². The second kappa shape index (κ2) is 8.58. The predicted molar refractivity (Wildman–Crippen MR) is 154 cm³/mol. The van der Waals surface area contributed by atoms with Gasteiger partial charge in [0.1, 0.15) is 6.10 Å². The van der Waals surface area contributed by atoms with Crippen LogP contribution in [-0.2, 0) is 9.53 Å². The fraction of sp³-hybridized carbons (Fsp3) is 0.343. The van der Waals surface area contributed by atoms with Crippen LogP contribution in [0.25, 0.3) is 43.1 Å². The zero-order valence-corrected chi connectivity index (χ0v) is 21.9. The van der Waals surface area contributed by atoms with Gasteiger partial charge in [0.05, 0.1) is 0 Å². The Balaban J connectivity index is 1.14. The van der Waals surface area contributed by atoms with Gasteiger partial charge in [0, 0.05) is 6.42 Å². The highest BCUT2D eigenvalue weighted by Crippen LogP contribution is 2.56. The van der Waals surface area contributed by atoms with E-state index in [-0.39, 0.29) is 12.1 Å². The number of rotatable bonds is 4. The zero-order chi connectivity index (χ0) is 25.3. The monoisotopic (exact) mass is 486 g/mol. The molecule has 6 atom stereocenters. The van der Waals surface area contributed by atoms with E-state index in [4.69, 9.17) is 4.74 Å². The van der Waals surface area contributed by atoms with Crippen LogP contribution < -0.4 is 0 Å². The smallest absolute Gasteiger partial charge is 0.306 e. The van der Waals surface area contributed by atoms with Crippen LogP contribution in [0.5, 0.6) is 0 Å². The second-order valence-electron chi connectivity index (χ2n) is 11.9. The van der Waals surface area contributed by atoms with Crippen molar-refractivity contribution in [1.82, 2.24) is 0 Å². The molecule has 2 nitrogen and oxygen atoms in total. The highest BCUT2D eigenvalue weighted by Gasteiger charge is 2.49. The van der Waals surface area contributed by atoms with E-state index >= 15 is 0 Å². The lowest BCUT2D eigenvalue weighted by Gasteiger charge is -2.31. The lowest BCUT2D eigenvalue weighted by molar-refractivity contribution is -0.150. The maximum Gasteiger partial charge on any atom is 0.306 e. The van der Waals surface area contributed by atoms with E-state index in [2.05, 4.69) is 92.7 Å². The van der Waals surface area contributed by atoms with Gasteiger partial charge >= 0.3 is 5.97 Å². The first kappa shape index (κ1) is 22.8. The number of carbonyl (C=O) groups excluding carboxylic acids is 1. The normalized spacial score (nSPS) is 25.9. The van der Waals surface area contributed by atoms with Gasteiger partial charge in [0.2, 0.25) is 0 Å². The number of ether oxygens (including phenoxy) is 1. The number of carbonyl (C=O) groups is 1. The van der Waals surface area contributed by atoms with Gasteiger partial charge in [0.25, 0.3) is 0 Å². The molecule has 5 aromatic carbocycles. The Morgan fingerprint density at radius 1 is 0.730 bits per heavy atom. The summed E-state index contributed by atoms with van der Waals surface area (Å²) in [7, 11) is 0. The molecule has 2 fully saturated rings. The first-order valence-corrected chi connectivity index (χ1v) is 13.9. The molecule has 0 radical (unpaired) electrons. The van der Waals surface area contributed by atoms with E-state index in [0.717, 1.165) is 23.3 Å². The van der Waals surface area contributed by atoms with Gasteiger partial charge in [-0.15, -0.1) is 0 Å². The summed E-state index contributed by atoms with van der Waals surface area (Å²) in [6.07, 6.45) is 2.83. The summed E-state index contributed by atoms with van der Waals surface area (Å²) in [4.78, 5) is 12.9. The van der Waals surface area contributed by atoms with Crippen LogP contribution in [-0.4, -0.2) is 5.97 Å². The summed E-state index contributed by atoms with van der Waals surface area (Å²) in [5.41, 5.74) is 1.06. The standard InChI is InChI=1S/C35H34O2/c1-20-21(2)34-18-27(20)14-33(34)19-35(36)37-22(3)23-8-9-26-13-31-16-29-11-24-6-4-5-7-25(24)12-30(29)17-32(31)15-28(26)10-23/h4-13,15-17,20-22,27,33-34H,14,18-19H2,1-3H3.